The highest BCUT2D eigenvalue weighted by molar-refractivity contribution is 7.91. The van der Waals surface area contributed by atoms with Crippen molar-refractivity contribution < 1.29 is 14.1 Å². The fraction of sp³-hybridized carbons (Fsp3) is 0.800. The topological polar surface area (TPSA) is 61.7 Å². The standard InChI is InChI=1S/C10H19NO3S/c1-10(2,3)15(13)11-8-6-5-7-9(12)14-4/h8H,5-7H2,1-4H3/b11-8+. The van der Waals surface area contributed by atoms with Crippen LogP contribution in [0.15, 0.2) is 4.40 Å². The second-order valence-corrected chi connectivity index (χ2v) is 6.05. The van der Waals surface area contributed by atoms with Gasteiger partial charge in [-0.15, -0.1) is 0 Å². The maximum Gasteiger partial charge on any atom is 0.305 e. The monoisotopic (exact) mass is 233 g/mol. The van der Waals surface area contributed by atoms with Gasteiger partial charge in [-0.3, -0.25) is 4.79 Å². The van der Waals surface area contributed by atoms with Crippen molar-refractivity contribution in [1.82, 2.24) is 0 Å². The number of nitrogens with zero attached hydrogens (tertiary/aromatic N) is 1. The zero-order valence-electron chi connectivity index (χ0n) is 9.78. The Kier molecular flexibility index (Phi) is 6.60. The molecule has 1 atom stereocenters. The van der Waals surface area contributed by atoms with Gasteiger partial charge in [-0.1, -0.05) is 4.40 Å². The van der Waals surface area contributed by atoms with E-state index in [4.69, 9.17) is 0 Å². The maximum atomic E-state index is 11.4. The summed E-state index contributed by atoms with van der Waals surface area (Å²) in [6.07, 6.45) is 3.32. The molecule has 0 spiro atoms. The highest BCUT2D eigenvalue weighted by Gasteiger charge is 2.25. The minimum atomic E-state index is -1.20. The lowest BCUT2D eigenvalue weighted by Gasteiger charge is -2.17. The number of esters is 1. The highest BCUT2D eigenvalue weighted by Crippen LogP contribution is 2.16. The SMILES string of the molecule is COC(=O)CCC/C=N/[S+]([O-])C(C)(C)C. The lowest BCUT2D eigenvalue weighted by atomic mass is 10.2. The molecule has 0 radical (unpaired) electrons. The molecule has 88 valence electrons. The van der Waals surface area contributed by atoms with Crippen LogP contribution >= 0.6 is 0 Å². The van der Waals surface area contributed by atoms with Crippen molar-refractivity contribution in [3.63, 3.8) is 0 Å². The van der Waals surface area contributed by atoms with Crippen molar-refractivity contribution >= 4 is 23.5 Å². The van der Waals surface area contributed by atoms with Gasteiger partial charge in [-0.25, -0.2) is 0 Å². The third-order valence-corrected chi connectivity index (χ3v) is 3.02. The summed E-state index contributed by atoms with van der Waals surface area (Å²) in [6.45, 7) is 5.61. The fourth-order valence-corrected chi connectivity index (χ4v) is 1.28. The molecule has 0 bridgehead atoms. The molecule has 0 N–H and O–H groups in total. The van der Waals surface area contributed by atoms with Gasteiger partial charge < -0.3 is 9.29 Å². The van der Waals surface area contributed by atoms with Crippen LogP contribution in [0, 0.1) is 0 Å². The average molecular weight is 233 g/mol. The number of unbranched alkanes of at least 4 members (excludes halogenated alkanes) is 1. The van der Waals surface area contributed by atoms with E-state index in [1.54, 1.807) is 6.21 Å². The minimum absolute atomic E-state index is 0.222. The fourth-order valence-electron chi connectivity index (χ4n) is 0.718. The second kappa shape index (κ2) is 6.85. The molecule has 0 aliphatic carbocycles. The number of hydrogen-bond acceptors (Lipinski definition) is 4. The van der Waals surface area contributed by atoms with Gasteiger partial charge in [0, 0.05) is 6.42 Å². The first-order valence-electron chi connectivity index (χ1n) is 4.89. The number of methoxy groups -OCH3 is 1. The van der Waals surface area contributed by atoms with Crippen molar-refractivity contribution in [2.45, 2.75) is 44.8 Å². The molecule has 4 nitrogen and oxygen atoms in total. The van der Waals surface area contributed by atoms with Crippen LogP contribution in [-0.2, 0) is 20.9 Å². The van der Waals surface area contributed by atoms with Gasteiger partial charge >= 0.3 is 5.97 Å². The predicted molar refractivity (Wildman–Crippen MR) is 62.3 cm³/mol. The molecule has 5 heteroatoms. The second-order valence-electron chi connectivity index (χ2n) is 4.12. The lowest BCUT2D eigenvalue weighted by Crippen LogP contribution is -2.25. The Morgan fingerprint density at radius 2 is 2.13 bits per heavy atom. The van der Waals surface area contributed by atoms with E-state index in [9.17, 15) is 9.35 Å². The first-order valence-corrected chi connectivity index (χ1v) is 6.00. The van der Waals surface area contributed by atoms with Crippen LogP contribution in [0.5, 0.6) is 0 Å². The Morgan fingerprint density at radius 1 is 1.53 bits per heavy atom. The Labute approximate surface area is 94.4 Å². The van der Waals surface area contributed by atoms with Crippen LogP contribution in [-0.4, -0.2) is 28.6 Å². The number of rotatable bonds is 5. The van der Waals surface area contributed by atoms with Crippen LogP contribution in [0.3, 0.4) is 0 Å². The summed E-state index contributed by atoms with van der Waals surface area (Å²) in [6, 6.07) is 0. The first-order chi connectivity index (χ1) is 6.88. The summed E-state index contributed by atoms with van der Waals surface area (Å²) in [7, 11) is 1.37. The predicted octanol–water partition coefficient (Wildman–Crippen LogP) is 1.86. The van der Waals surface area contributed by atoms with E-state index in [0.717, 1.165) is 0 Å². The molecule has 0 rings (SSSR count). The number of hydrogen-bond donors (Lipinski definition) is 0. The molecule has 1 unspecified atom stereocenters. The average Bonchev–Trinajstić information content (AvgIpc) is 2.15. The van der Waals surface area contributed by atoms with Gasteiger partial charge in [0.1, 0.15) is 16.1 Å². The molecule has 0 aliphatic rings. The molecule has 0 aromatic carbocycles. The van der Waals surface area contributed by atoms with E-state index < -0.39 is 11.4 Å². The van der Waals surface area contributed by atoms with Crippen molar-refractivity contribution in [2.24, 2.45) is 4.40 Å². The van der Waals surface area contributed by atoms with Crippen LogP contribution < -0.4 is 0 Å². The largest absolute Gasteiger partial charge is 0.591 e. The number of carbonyl (C=O) groups is 1. The third kappa shape index (κ3) is 7.39. The molecule has 0 heterocycles. The van der Waals surface area contributed by atoms with Crippen LogP contribution in [0.1, 0.15) is 40.0 Å². The number of ether oxygens (including phenoxy) is 1. The van der Waals surface area contributed by atoms with Gasteiger partial charge in [-0.2, -0.15) is 0 Å². The van der Waals surface area contributed by atoms with E-state index in [2.05, 4.69) is 9.13 Å². The Hall–Kier alpha value is -0.550. The lowest BCUT2D eigenvalue weighted by molar-refractivity contribution is -0.140. The summed E-state index contributed by atoms with van der Waals surface area (Å²) in [4.78, 5) is 10.7. The summed E-state index contributed by atoms with van der Waals surface area (Å²) in [5, 5.41) is 0. The van der Waals surface area contributed by atoms with Gasteiger partial charge in [0.25, 0.3) is 0 Å². The molecule has 0 saturated carbocycles. The molecule has 0 aromatic heterocycles. The summed E-state index contributed by atoms with van der Waals surface area (Å²) in [5.41, 5.74) is 0. The minimum Gasteiger partial charge on any atom is -0.591 e. The maximum absolute atomic E-state index is 11.4. The van der Waals surface area contributed by atoms with Crippen LogP contribution in [0.4, 0.5) is 0 Å². The zero-order valence-corrected chi connectivity index (χ0v) is 10.6. The summed E-state index contributed by atoms with van der Waals surface area (Å²) < 4.78 is 19.5. The molecule has 0 aliphatic heterocycles. The van der Waals surface area contributed by atoms with Crippen molar-refractivity contribution in [3.05, 3.63) is 0 Å². The third-order valence-electron chi connectivity index (χ3n) is 1.64. The molecule has 15 heavy (non-hydrogen) atoms. The van der Waals surface area contributed by atoms with Crippen molar-refractivity contribution in [2.75, 3.05) is 7.11 Å². The van der Waals surface area contributed by atoms with E-state index >= 15 is 0 Å². The molecular formula is C10H19NO3S. The molecular weight excluding hydrogens is 214 g/mol. The first kappa shape index (κ1) is 14.5. The summed E-state index contributed by atoms with van der Waals surface area (Å²) >= 11 is -1.20. The van der Waals surface area contributed by atoms with Gasteiger partial charge in [0.2, 0.25) is 0 Å². The van der Waals surface area contributed by atoms with Gasteiger partial charge in [0.05, 0.1) is 13.3 Å². The molecule has 0 saturated heterocycles. The van der Waals surface area contributed by atoms with Crippen LogP contribution in [0.2, 0.25) is 0 Å². The number of carbonyl (C=O) groups excluding carboxylic acids is 1. The van der Waals surface area contributed by atoms with Crippen molar-refractivity contribution in [3.8, 4) is 0 Å². The quantitative estimate of drug-likeness (QED) is 0.315. The normalized spacial score (nSPS) is 14.2. The molecule has 0 amide bonds. The Bertz CT molecular complexity index is 223. The Balaban J connectivity index is 3.68. The van der Waals surface area contributed by atoms with Gasteiger partial charge in [0.15, 0.2) is 0 Å². The van der Waals surface area contributed by atoms with E-state index in [-0.39, 0.29) is 10.7 Å². The smallest absolute Gasteiger partial charge is 0.305 e. The van der Waals surface area contributed by atoms with Gasteiger partial charge in [-0.05, 0) is 33.6 Å². The molecule has 0 aromatic rings. The van der Waals surface area contributed by atoms with E-state index in [0.29, 0.717) is 19.3 Å². The Morgan fingerprint density at radius 3 is 2.60 bits per heavy atom. The molecule has 0 fully saturated rings. The van der Waals surface area contributed by atoms with Crippen molar-refractivity contribution in [1.29, 1.82) is 0 Å². The zero-order chi connectivity index (χ0) is 11.9. The van der Waals surface area contributed by atoms with Crippen LogP contribution in [0.25, 0.3) is 0 Å². The van der Waals surface area contributed by atoms with E-state index in [1.165, 1.54) is 7.11 Å². The summed E-state index contributed by atoms with van der Waals surface area (Å²) in [5.74, 6) is -0.222. The highest BCUT2D eigenvalue weighted by atomic mass is 32.2. The van der Waals surface area contributed by atoms with E-state index in [1.807, 2.05) is 20.8 Å².